The van der Waals surface area contributed by atoms with Crippen molar-refractivity contribution in [2.75, 3.05) is 19.6 Å². The highest BCUT2D eigenvalue weighted by molar-refractivity contribution is 7.89. The number of thiophene rings is 1. The van der Waals surface area contributed by atoms with Crippen LogP contribution in [0, 0.1) is 6.92 Å². The van der Waals surface area contributed by atoms with E-state index in [1.807, 2.05) is 11.3 Å². The highest BCUT2D eigenvalue weighted by Gasteiger charge is 2.41. The largest absolute Gasteiger partial charge is 0.293 e. The molecule has 3 heterocycles. The molecule has 1 aromatic carbocycles. The molecule has 0 atom stereocenters. The van der Waals surface area contributed by atoms with E-state index in [2.05, 4.69) is 16.3 Å². The third kappa shape index (κ3) is 2.70. The number of hydrogen-bond acceptors (Lipinski definition) is 4. The van der Waals surface area contributed by atoms with E-state index in [-0.39, 0.29) is 0 Å². The SMILES string of the molecule is Cc1c(Cl)cccc1S(=O)(=O)N1CC(N2CCc3sccc3C2)C1. The summed E-state index contributed by atoms with van der Waals surface area (Å²) in [6.07, 6.45) is 1.07. The molecule has 0 radical (unpaired) electrons. The predicted octanol–water partition coefficient (Wildman–Crippen LogP) is 3.14. The van der Waals surface area contributed by atoms with Gasteiger partial charge in [0.1, 0.15) is 0 Å². The van der Waals surface area contributed by atoms with Gasteiger partial charge in [-0.2, -0.15) is 4.31 Å². The van der Waals surface area contributed by atoms with Gasteiger partial charge in [0, 0.05) is 42.1 Å². The maximum absolute atomic E-state index is 12.8. The van der Waals surface area contributed by atoms with Gasteiger partial charge in [-0.1, -0.05) is 17.7 Å². The van der Waals surface area contributed by atoms with Crippen molar-refractivity contribution in [3.8, 4) is 0 Å². The molecule has 1 saturated heterocycles. The Kier molecular flexibility index (Phi) is 4.21. The Labute approximate surface area is 151 Å². The molecule has 4 nitrogen and oxygen atoms in total. The van der Waals surface area contributed by atoms with Crippen molar-refractivity contribution in [2.24, 2.45) is 0 Å². The van der Waals surface area contributed by atoms with Crippen LogP contribution in [0.5, 0.6) is 0 Å². The molecule has 0 amide bonds. The molecular weight excluding hydrogens is 364 g/mol. The predicted molar refractivity (Wildman–Crippen MR) is 97.2 cm³/mol. The van der Waals surface area contributed by atoms with Crippen LogP contribution in [0.15, 0.2) is 34.5 Å². The van der Waals surface area contributed by atoms with Crippen molar-refractivity contribution in [3.63, 3.8) is 0 Å². The second-order valence-corrected chi connectivity index (χ2v) is 9.74. The lowest BCUT2D eigenvalue weighted by molar-refractivity contribution is 0.0775. The normalized spacial score (nSPS) is 19.9. The minimum absolute atomic E-state index is 0.312. The van der Waals surface area contributed by atoms with Crippen molar-refractivity contribution >= 4 is 33.0 Å². The Morgan fingerprint density at radius 3 is 2.83 bits per heavy atom. The molecule has 1 fully saturated rings. The van der Waals surface area contributed by atoms with Gasteiger partial charge >= 0.3 is 0 Å². The van der Waals surface area contributed by atoms with Gasteiger partial charge in [0.05, 0.1) is 4.90 Å². The van der Waals surface area contributed by atoms with Gasteiger partial charge in [-0.05, 0) is 48.1 Å². The summed E-state index contributed by atoms with van der Waals surface area (Å²) in [5.41, 5.74) is 2.03. The topological polar surface area (TPSA) is 40.6 Å². The first-order valence-electron chi connectivity index (χ1n) is 8.01. The third-order valence-corrected chi connectivity index (χ3v) is 8.43. The smallest absolute Gasteiger partial charge is 0.243 e. The molecule has 1 aromatic heterocycles. The number of hydrogen-bond donors (Lipinski definition) is 0. The van der Waals surface area contributed by atoms with Crippen LogP contribution in [-0.2, 0) is 23.0 Å². The van der Waals surface area contributed by atoms with E-state index in [1.54, 1.807) is 29.4 Å². The Bertz CT molecular complexity index is 872. The first-order valence-corrected chi connectivity index (χ1v) is 10.7. The number of benzene rings is 1. The van der Waals surface area contributed by atoms with Gasteiger partial charge in [0.15, 0.2) is 0 Å². The molecule has 0 spiro atoms. The summed E-state index contributed by atoms with van der Waals surface area (Å²) in [6, 6.07) is 7.56. The van der Waals surface area contributed by atoms with E-state index in [0.717, 1.165) is 19.5 Å². The molecule has 24 heavy (non-hydrogen) atoms. The lowest BCUT2D eigenvalue weighted by atomic mass is 10.0. The standard InChI is InChI=1S/C17H19ClN2O2S2/c1-12-15(18)3-2-4-17(12)24(21,22)20-10-14(11-20)19-7-5-16-13(9-19)6-8-23-16/h2-4,6,8,14H,5,7,9-11H2,1H3. The highest BCUT2D eigenvalue weighted by Crippen LogP contribution is 2.32. The van der Waals surface area contributed by atoms with Crippen LogP contribution in [0.4, 0.5) is 0 Å². The maximum atomic E-state index is 12.8. The zero-order valence-corrected chi connectivity index (χ0v) is 15.8. The van der Waals surface area contributed by atoms with Crippen LogP contribution in [0.2, 0.25) is 5.02 Å². The minimum atomic E-state index is -3.45. The van der Waals surface area contributed by atoms with Gasteiger partial charge < -0.3 is 0 Å². The van der Waals surface area contributed by atoms with Crippen LogP contribution in [-0.4, -0.2) is 43.3 Å². The molecule has 0 bridgehead atoms. The Hall–Kier alpha value is -0.920. The van der Waals surface area contributed by atoms with Crippen molar-refractivity contribution in [3.05, 3.63) is 50.7 Å². The van der Waals surface area contributed by atoms with Gasteiger partial charge in [-0.25, -0.2) is 8.42 Å². The second kappa shape index (κ2) is 6.11. The van der Waals surface area contributed by atoms with Crippen molar-refractivity contribution in [2.45, 2.75) is 30.8 Å². The van der Waals surface area contributed by atoms with Crippen molar-refractivity contribution < 1.29 is 8.42 Å². The molecule has 128 valence electrons. The average molecular weight is 383 g/mol. The molecule has 0 aliphatic carbocycles. The van der Waals surface area contributed by atoms with E-state index in [0.29, 0.717) is 34.6 Å². The zero-order valence-electron chi connectivity index (χ0n) is 13.4. The number of sulfonamides is 1. The first-order chi connectivity index (χ1) is 11.5. The summed E-state index contributed by atoms with van der Waals surface area (Å²) in [5.74, 6) is 0. The van der Waals surface area contributed by atoms with E-state index in [4.69, 9.17) is 11.6 Å². The maximum Gasteiger partial charge on any atom is 0.243 e. The van der Waals surface area contributed by atoms with Crippen LogP contribution in [0.1, 0.15) is 16.0 Å². The van der Waals surface area contributed by atoms with Gasteiger partial charge in [-0.3, -0.25) is 4.90 Å². The monoisotopic (exact) mass is 382 g/mol. The van der Waals surface area contributed by atoms with Gasteiger partial charge in [-0.15, -0.1) is 11.3 Å². The quantitative estimate of drug-likeness (QED) is 0.818. The summed E-state index contributed by atoms with van der Waals surface area (Å²) < 4.78 is 27.2. The number of halogens is 1. The molecule has 2 aliphatic heterocycles. The summed E-state index contributed by atoms with van der Waals surface area (Å²) in [6.45, 7) is 4.84. The highest BCUT2D eigenvalue weighted by atomic mass is 35.5. The zero-order chi connectivity index (χ0) is 16.9. The molecule has 7 heteroatoms. The summed E-state index contributed by atoms with van der Waals surface area (Å²) in [5, 5.41) is 2.64. The number of fused-ring (bicyclic) bond motifs is 1. The van der Waals surface area contributed by atoms with Crippen molar-refractivity contribution in [1.82, 2.24) is 9.21 Å². The molecule has 2 aliphatic rings. The fourth-order valence-corrected chi connectivity index (χ4v) is 6.31. The Balaban J connectivity index is 1.47. The van der Waals surface area contributed by atoms with Crippen LogP contribution >= 0.6 is 22.9 Å². The molecule has 2 aromatic rings. The van der Waals surface area contributed by atoms with E-state index in [1.165, 1.54) is 10.4 Å². The molecular formula is C17H19ClN2O2S2. The summed E-state index contributed by atoms with van der Waals surface area (Å²) in [7, 11) is -3.45. The van der Waals surface area contributed by atoms with Crippen LogP contribution in [0.25, 0.3) is 0 Å². The molecule has 0 saturated carbocycles. The Morgan fingerprint density at radius 2 is 2.04 bits per heavy atom. The first kappa shape index (κ1) is 16.5. The van der Waals surface area contributed by atoms with Crippen molar-refractivity contribution in [1.29, 1.82) is 0 Å². The average Bonchev–Trinajstić information content (AvgIpc) is 2.95. The van der Waals surface area contributed by atoms with E-state index < -0.39 is 10.0 Å². The van der Waals surface area contributed by atoms with Crippen LogP contribution in [0.3, 0.4) is 0 Å². The van der Waals surface area contributed by atoms with E-state index in [9.17, 15) is 8.42 Å². The number of rotatable bonds is 3. The van der Waals surface area contributed by atoms with Crippen LogP contribution < -0.4 is 0 Å². The lowest BCUT2D eigenvalue weighted by Crippen LogP contribution is -2.61. The third-order valence-electron chi connectivity index (χ3n) is 5.02. The van der Waals surface area contributed by atoms with Gasteiger partial charge in [0.25, 0.3) is 0 Å². The van der Waals surface area contributed by atoms with E-state index >= 15 is 0 Å². The fraction of sp³-hybridized carbons (Fsp3) is 0.412. The lowest BCUT2D eigenvalue weighted by Gasteiger charge is -2.45. The fourth-order valence-electron chi connectivity index (χ4n) is 3.43. The molecule has 0 N–H and O–H groups in total. The van der Waals surface area contributed by atoms with Gasteiger partial charge in [0.2, 0.25) is 10.0 Å². The molecule has 4 rings (SSSR count). The second-order valence-electron chi connectivity index (χ2n) is 6.43. The summed E-state index contributed by atoms with van der Waals surface area (Å²) >= 11 is 7.91. The minimum Gasteiger partial charge on any atom is -0.293 e. The number of nitrogens with zero attached hydrogens (tertiary/aromatic N) is 2. The summed E-state index contributed by atoms with van der Waals surface area (Å²) in [4.78, 5) is 4.21. The Morgan fingerprint density at radius 1 is 1.25 bits per heavy atom. The molecule has 0 unspecified atom stereocenters.